The molecule has 0 saturated heterocycles. The predicted molar refractivity (Wildman–Crippen MR) is 66.1 cm³/mol. The molecule has 92 valence electrons. The molecule has 0 aromatic carbocycles. The standard InChI is InChI=1S/C12H28N2O/c1-6-14(11(2)10-15-5)9-7-8-12(3,4)13/h11H,6-10,13H2,1-5H3. The van der Waals surface area contributed by atoms with Crippen molar-refractivity contribution in [2.24, 2.45) is 5.73 Å². The second-order valence-corrected chi connectivity index (χ2v) is 5.03. The third kappa shape index (κ3) is 7.77. The highest BCUT2D eigenvalue weighted by Crippen LogP contribution is 2.09. The monoisotopic (exact) mass is 216 g/mol. The molecule has 0 aliphatic heterocycles. The molecule has 0 aromatic heterocycles. The molecule has 0 saturated carbocycles. The Morgan fingerprint density at radius 2 is 2.00 bits per heavy atom. The van der Waals surface area contributed by atoms with E-state index in [0.717, 1.165) is 32.5 Å². The van der Waals surface area contributed by atoms with Gasteiger partial charge in [0.15, 0.2) is 0 Å². The molecule has 0 amide bonds. The third-order valence-corrected chi connectivity index (χ3v) is 2.70. The molecule has 1 atom stereocenters. The lowest BCUT2D eigenvalue weighted by atomic mass is 10.00. The Bertz CT molecular complexity index is 154. The minimum atomic E-state index is -0.0378. The van der Waals surface area contributed by atoms with Crippen molar-refractivity contribution in [3.8, 4) is 0 Å². The molecule has 0 heterocycles. The van der Waals surface area contributed by atoms with E-state index in [2.05, 4.69) is 32.6 Å². The van der Waals surface area contributed by atoms with E-state index in [4.69, 9.17) is 10.5 Å². The van der Waals surface area contributed by atoms with Gasteiger partial charge in [-0.3, -0.25) is 4.90 Å². The van der Waals surface area contributed by atoms with Gasteiger partial charge in [-0.2, -0.15) is 0 Å². The van der Waals surface area contributed by atoms with Crippen LogP contribution in [0.4, 0.5) is 0 Å². The highest BCUT2D eigenvalue weighted by atomic mass is 16.5. The molecule has 0 aliphatic rings. The average Bonchev–Trinajstić information content (AvgIpc) is 2.11. The van der Waals surface area contributed by atoms with Gasteiger partial charge >= 0.3 is 0 Å². The molecule has 0 fully saturated rings. The van der Waals surface area contributed by atoms with Crippen molar-refractivity contribution < 1.29 is 4.74 Å². The number of likely N-dealkylation sites (N-methyl/N-ethyl adjacent to an activating group) is 1. The summed E-state index contributed by atoms with van der Waals surface area (Å²) in [6, 6.07) is 0.501. The zero-order chi connectivity index (χ0) is 11.9. The first-order chi connectivity index (χ1) is 6.90. The number of rotatable bonds is 8. The number of hydrogen-bond donors (Lipinski definition) is 1. The molecule has 2 N–H and O–H groups in total. The lowest BCUT2D eigenvalue weighted by Gasteiger charge is -2.28. The number of hydrogen-bond acceptors (Lipinski definition) is 3. The molecule has 3 heteroatoms. The molecular formula is C12H28N2O. The van der Waals surface area contributed by atoms with Gasteiger partial charge in [0.25, 0.3) is 0 Å². The molecular weight excluding hydrogens is 188 g/mol. The molecule has 0 radical (unpaired) electrons. The Kier molecular flexibility index (Phi) is 7.14. The highest BCUT2D eigenvalue weighted by molar-refractivity contribution is 4.73. The van der Waals surface area contributed by atoms with Crippen molar-refractivity contribution in [1.82, 2.24) is 4.90 Å². The highest BCUT2D eigenvalue weighted by Gasteiger charge is 2.14. The topological polar surface area (TPSA) is 38.5 Å². The Morgan fingerprint density at radius 3 is 2.40 bits per heavy atom. The minimum absolute atomic E-state index is 0.0378. The number of nitrogens with zero attached hydrogens (tertiary/aromatic N) is 1. The fraction of sp³-hybridized carbons (Fsp3) is 1.00. The number of ether oxygens (including phenoxy) is 1. The van der Waals surface area contributed by atoms with E-state index in [0.29, 0.717) is 6.04 Å². The van der Waals surface area contributed by atoms with E-state index in [9.17, 15) is 0 Å². The molecule has 0 rings (SSSR count). The second-order valence-electron chi connectivity index (χ2n) is 5.03. The van der Waals surface area contributed by atoms with E-state index in [1.54, 1.807) is 7.11 Å². The Balaban J connectivity index is 3.80. The van der Waals surface area contributed by atoms with Crippen molar-refractivity contribution in [3.63, 3.8) is 0 Å². The number of nitrogens with two attached hydrogens (primary N) is 1. The average molecular weight is 216 g/mol. The van der Waals surface area contributed by atoms with E-state index in [1.165, 1.54) is 0 Å². The fourth-order valence-corrected chi connectivity index (χ4v) is 1.77. The zero-order valence-electron chi connectivity index (χ0n) is 11.0. The molecule has 0 spiro atoms. The normalized spacial score (nSPS) is 14.6. The van der Waals surface area contributed by atoms with Gasteiger partial charge in [-0.05, 0) is 46.7 Å². The maximum absolute atomic E-state index is 5.95. The first kappa shape index (κ1) is 14.9. The summed E-state index contributed by atoms with van der Waals surface area (Å²) in [5.41, 5.74) is 5.92. The molecule has 3 nitrogen and oxygen atoms in total. The van der Waals surface area contributed by atoms with Crippen LogP contribution >= 0.6 is 0 Å². The Hall–Kier alpha value is -0.120. The van der Waals surface area contributed by atoms with Crippen LogP contribution in [0.1, 0.15) is 40.5 Å². The summed E-state index contributed by atoms with van der Waals surface area (Å²) in [6.07, 6.45) is 2.23. The van der Waals surface area contributed by atoms with Crippen molar-refractivity contribution in [2.45, 2.75) is 52.1 Å². The lowest BCUT2D eigenvalue weighted by Crippen LogP contribution is -2.38. The van der Waals surface area contributed by atoms with E-state index < -0.39 is 0 Å². The van der Waals surface area contributed by atoms with Crippen LogP contribution < -0.4 is 5.73 Å². The van der Waals surface area contributed by atoms with Crippen molar-refractivity contribution >= 4 is 0 Å². The second kappa shape index (κ2) is 7.20. The summed E-state index contributed by atoms with van der Waals surface area (Å²) < 4.78 is 5.17. The van der Waals surface area contributed by atoms with Crippen LogP contribution in [0, 0.1) is 0 Å². The van der Waals surface area contributed by atoms with Crippen LogP contribution in [-0.2, 0) is 4.74 Å². The largest absolute Gasteiger partial charge is 0.383 e. The number of methoxy groups -OCH3 is 1. The van der Waals surface area contributed by atoms with E-state index in [1.807, 2.05) is 0 Å². The summed E-state index contributed by atoms with van der Waals surface area (Å²) in [5.74, 6) is 0. The van der Waals surface area contributed by atoms with Crippen LogP contribution in [-0.4, -0.2) is 43.3 Å². The van der Waals surface area contributed by atoms with Gasteiger partial charge in [0.05, 0.1) is 6.61 Å². The minimum Gasteiger partial charge on any atom is -0.383 e. The Morgan fingerprint density at radius 1 is 1.40 bits per heavy atom. The van der Waals surface area contributed by atoms with Crippen LogP contribution in [0.15, 0.2) is 0 Å². The lowest BCUT2D eigenvalue weighted by molar-refractivity contribution is 0.100. The molecule has 1 unspecified atom stereocenters. The quantitative estimate of drug-likeness (QED) is 0.673. The molecule has 0 aliphatic carbocycles. The van der Waals surface area contributed by atoms with Gasteiger partial charge in [-0.15, -0.1) is 0 Å². The predicted octanol–water partition coefficient (Wildman–Crippen LogP) is 1.86. The van der Waals surface area contributed by atoms with Gasteiger partial charge in [0.2, 0.25) is 0 Å². The van der Waals surface area contributed by atoms with Crippen LogP contribution in [0.5, 0.6) is 0 Å². The van der Waals surface area contributed by atoms with E-state index >= 15 is 0 Å². The molecule has 0 aromatic rings. The van der Waals surface area contributed by atoms with Crippen LogP contribution in [0.2, 0.25) is 0 Å². The fourth-order valence-electron chi connectivity index (χ4n) is 1.77. The third-order valence-electron chi connectivity index (χ3n) is 2.70. The van der Waals surface area contributed by atoms with Gasteiger partial charge in [0, 0.05) is 18.7 Å². The first-order valence-corrected chi connectivity index (χ1v) is 5.92. The summed E-state index contributed by atoms with van der Waals surface area (Å²) in [5, 5.41) is 0. The van der Waals surface area contributed by atoms with Gasteiger partial charge in [-0.1, -0.05) is 6.92 Å². The van der Waals surface area contributed by atoms with Crippen LogP contribution in [0.25, 0.3) is 0 Å². The maximum atomic E-state index is 5.95. The zero-order valence-corrected chi connectivity index (χ0v) is 11.0. The van der Waals surface area contributed by atoms with Gasteiger partial charge in [-0.25, -0.2) is 0 Å². The molecule has 0 bridgehead atoms. The summed E-state index contributed by atoms with van der Waals surface area (Å²) in [6.45, 7) is 11.6. The smallest absolute Gasteiger partial charge is 0.0615 e. The van der Waals surface area contributed by atoms with Crippen molar-refractivity contribution in [3.05, 3.63) is 0 Å². The SMILES string of the molecule is CCN(CCCC(C)(C)N)C(C)COC. The summed E-state index contributed by atoms with van der Waals surface area (Å²) in [7, 11) is 1.76. The summed E-state index contributed by atoms with van der Waals surface area (Å²) in [4.78, 5) is 2.44. The van der Waals surface area contributed by atoms with E-state index in [-0.39, 0.29) is 5.54 Å². The van der Waals surface area contributed by atoms with Gasteiger partial charge < -0.3 is 10.5 Å². The first-order valence-electron chi connectivity index (χ1n) is 5.92. The van der Waals surface area contributed by atoms with Gasteiger partial charge in [0.1, 0.15) is 0 Å². The van der Waals surface area contributed by atoms with Crippen molar-refractivity contribution in [1.29, 1.82) is 0 Å². The van der Waals surface area contributed by atoms with Crippen molar-refractivity contribution in [2.75, 3.05) is 26.8 Å². The maximum Gasteiger partial charge on any atom is 0.0615 e. The molecule has 15 heavy (non-hydrogen) atoms. The van der Waals surface area contributed by atoms with Crippen LogP contribution in [0.3, 0.4) is 0 Å². The summed E-state index contributed by atoms with van der Waals surface area (Å²) >= 11 is 0. The Labute approximate surface area is 95.0 Å².